The van der Waals surface area contributed by atoms with E-state index < -0.39 is 0 Å². The summed E-state index contributed by atoms with van der Waals surface area (Å²) >= 11 is 0. The predicted molar refractivity (Wildman–Crippen MR) is 43.4 cm³/mol. The molecule has 0 rings (SSSR count). The zero-order chi connectivity index (χ0) is 7.44. The van der Waals surface area contributed by atoms with E-state index in [0.717, 1.165) is 0 Å². The monoisotopic (exact) mass is 124 g/mol. The molecule has 0 heterocycles. The smallest absolute Gasteiger partial charge is 0.0225 e. The zero-order valence-electron chi connectivity index (χ0n) is 6.86. The molecule has 0 aliphatic heterocycles. The van der Waals surface area contributed by atoms with Crippen LogP contribution in [0.3, 0.4) is 0 Å². The fourth-order valence-corrected chi connectivity index (χ4v) is 0.537. The highest BCUT2D eigenvalue weighted by Gasteiger charge is 1.93. The van der Waals surface area contributed by atoms with Crippen molar-refractivity contribution in [3.05, 3.63) is 23.8 Å². The van der Waals surface area contributed by atoms with Crippen molar-refractivity contribution in [1.82, 2.24) is 0 Å². The first-order valence-electron chi connectivity index (χ1n) is 3.37. The first-order chi connectivity index (χ1) is 4.04. The van der Waals surface area contributed by atoms with Crippen molar-refractivity contribution >= 4 is 0 Å². The minimum absolute atomic E-state index is 0.583. The maximum atomic E-state index is 3.92. The second-order valence-electron chi connectivity index (χ2n) is 2.95. The molecular weight excluding hydrogens is 108 g/mol. The molecule has 9 heavy (non-hydrogen) atoms. The second-order valence-corrected chi connectivity index (χ2v) is 2.95. The Labute approximate surface area is 58.3 Å². The van der Waals surface area contributed by atoms with E-state index >= 15 is 0 Å². The van der Waals surface area contributed by atoms with Gasteiger partial charge in [0.15, 0.2) is 0 Å². The fraction of sp³-hybridized carbons (Fsp3) is 0.556. The van der Waals surface area contributed by atoms with Gasteiger partial charge in [0.2, 0.25) is 0 Å². The number of hydrogen-bond acceptors (Lipinski definition) is 0. The summed E-state index contributed by atoms with van der Waals surface area (Å²) in [4.78, 5) is 0. The Morgan fingerprint density at radius 1 is 1.33 bits per heavy atom. The third kappa shape index (κ3) is 4.01. The maximum absolute atomic E-state index is 3.92. The van der Waals surface area contributed by atoms with Gasteiger partial charge in [-0.15, -0.1) is 0 Å². The van der Waals surface area contributed by atoms with E-state index in [1.165, 1.54) is 11.1 Å². The minimum Gasteiger partial charge on any atom is -0.0956 e. The second kappa shape index (κ2) is 3.49. The fourth-order valence-electron chi connectivity index (χ4n) is 0.537. The van der Waals surface area contributed by atoms with Crippen molar-refractivity contribution in [2.75, 3.05) is 0 Å². The SMILES string of the molecule is C=C(C=C(C)C)C(C)C. The molecule has 0 aliphatic rings. The highest BCUT2D eigenvalue weighted by atomic mass is 14.0. The zero-order valence-corrected chi connectivity index (χ0v) is 6.86. The van der Waals surface area contributed by atoms with E-state index in [2.05, 4.69) is 40.3 Å². The number of hydrogen-bond donors (Lipinski definition) is 0. The molecule has 0 nitrogen and oxygen atoms in total. The van der Waals surface area contributed by atoms with Crippen molar-refractivity contribution in [1.29, 1.82) is 0 Å². The summed E-state index contributed by atoms with van der Waals surface area (Å²) in [7, 11) is 0. The van der Waals surface area contributed by atoms with Gasteiger partial charge in [0.1, 0.15) is 0 Å². The van der Waals surface area contributed by atoms with Crippen LogP contribution in [0, 0.1) is 5.92 Å². The molecule has 0 aliphatic carbocycles. The summed E-state index contributed by atoms with van der Waals surface area (Å²) in [6.45, 7) is 12.4. The molecule has 0 bridgehead atoms. The molecule has 0 aromatic carbocycles. The molecule has 0 aromatic heterocycles. The molecule has 52 valence electrons. The average molecular weight is 124 g/mol. The van der Waals surface area contributed by atoms with Gasteiger partial charge in [-0.05, 0) is 19.8 Å². The van der Waals surface area contributed by atoms with Crippen molar-refractivity contribution in [2.24, 2.45) is 5.92 Å². The molecule has 0 saturated carbocycles. The molecule has 0 saturated heterocycles. The Bertz CT molecular complexity index is 123. The van der Waals surface area contributed by atoms with Gasteiger partial charge in [-0.3, -0.25) is 0 Å². The lowest BCUT2D eigenvalue weighted by molar-refractivity contribution is 0.793. The van der Waals surface area contributed by atoms with Crippen LogP contribution in [-0.4, -0.2) is 0 Å². The normalized spacial score (nSPS) is 9.44. The van der Waals surface area contributed by atoms with Gasteiger partial charge in [-0.2, -0.15) is 0 Å². The summed E-state index contributed by atoms with van der Waals surface area (Å²) in [5.41, 5.74) is 2.55. The molecule has 0 spiro atoms. The van der Waals surface area contributed by atoms with Gasteiger partial charge in [0.25, 0.3) is 0 Å². The Morgan fingerprint density at radius 3 is 1.89 bits per heavy atom. The summed E-state index contributed by atoms with van der Waals surface area (Å²) in [6.07, 6.45) is 2.13. The van der Waals surface area contributed by atoms with E-state index in [1.54, 1.807) is 0 Å². The quantitative estimate of drug-likeness (QED) is 0.496. The standard InChI is InChI=1S/C9H16/c1-7(2)6-9(5)8(3)4/h6,8H,5H2,1-4H3. The van der Waals surface area contributed by atoms with Crippen LogP contribution >= 0.6 is 0 Å². The Kier molecular flexibility index (Phi) is 3.29. The molecular formula is C9H16. The molecule has 0 unspecified atom stereocenters. The first-order valence-corrected chi connectivity index (χ1v) is 3.37. The number of allylic oxidation sites excluding steroid dienone is 3. The minimum atomic E-state index is 0.583. The molecule has 0 heteroatoms. The summed E-state index contributed by atoms with van der Waals surface area (Å²) in [5, 5.41) is 0. The predicted octanol–water partition coefficient (Wildman–Crippen LogP) is 3.16. The lowest BCUT2D eigenvalue weighted by atomic mass is 10.0. The lowest BCUT2D eigenvalue weighted by Gasteiger charge is -2.02. The van der Waals surface area contributed by atoms with Gasteiger partial charge in [0.05, 0.1) is 0 Å². The summed E-state index contributed by atoms with van der Waals surface area (Å²) < 4.78 is 0. The van der Waals surface area contributed by atoms with Crippen molar-refractivity contribution in [2.45, 2.75) is 27.7 Å². The third-order valence-corrected chi connectivity index (χ3v) is 1.22. The summed E-state index contributed by atoms with van der Waals surface area (Å²) in [6, 6.07) is 0. The molecule has 0 atom stereocenters. The van der Waals surface area contributed by atoms with Gasteiger partial charge >= 0.3 is 0 Å². The van der Waals surface area contributed by atoms with Crippen molar-refractivity contribution in [3.8, 4) is 0 Å². The first kappa shape index (κ1) is 8.48. The molecule has 0 radical (unpaired) electrons. The molecule has 0 amide bonds. The topological polar surface area (TPSA) is 0 Å². The van der Waals surface area contributed by atoms with E-state index in [9.17, 15) is 0 Å². The molecule has 0 N–H and O–H groups in total. The van der Waals surface area contributed by atoms with E-state index in [1.807, 2.05) is 0 Å². The van der Waals surface area contributed by atoms with E-state index in [0.29, 0.717) is 5.92 Å². The van der Waals surface area contributed by atoms with Gasteiger partial charge in [-0.25, -0.2) is 0 Å². The largest absolute Gasteiger partial charge is 0.0956 e. The average Bonchev–Trinajstić information content (AvgIpc) is 1.63. The molecule has 0 aromatic rings. The van der Waals surface area contributed by atoms with Crippen LogP contribution < -0.4 is 0 Å². The van der Waals surface area contributed by atoms with Crippen molar-refractivity contribution < 1.29 is 0 Å². The van der Waals surface area contributed by atoms with Crippen LogP contribution in [0.1, 0.15) is 27.7 Å². The van der Waals surface area contributed by atoms with Crippen LogP contribution in [0.4, 0.5) is 0 Å². The molecule has 0 fully saturated rings. The van der Waals surface area contributed by atoms with Gasteiger partial charge in [-0.1, -0.05) is 37.6 Å². The van der Waals surface area contributed by atoms with Gasteiger partial charge in [0, 0.05) is 0 Å². The third-order valence-electron chi connectivity index (χ3n) is 1.22. The van der Waals surface area contributed by atoms with Crippen LogP contribution in [0.15, 0.2) is 23.8 Å². The lowest BCUT2D eigenvalue weighted by Crippen LogP contribution is -1.87. The van der Waals surface area contributed by atoms with Crippen LogP contribution in [0.25, 0.3) is 0 Å². The van der Waals surface area contributed by atoms with Gasteiger partial charge < -0.3 is 0 Å². The Hall–Kier alpha value is -0.520. The highest BCUT2D eigenvalue weighted by molar-refractivity contribution is 5.19. The Morgan fingerprint density at radius 2 is 1.78 bits per heavy atom. The van der Waals surface area contributed by atoms with Crippen molar-refractivity contribution in [3.63, 3.8) is 0 Å². The van der Waals surface area contributed by atoms with Crippen LogP contribution in [-0.2, 0) is 0 Å². The highest BCUT2D eigenvalue weighted by Crippen LogP contribution is 2.09. The van der Waals surface area contributed by atoms with E-state index in [4.69, 9.17) is 0 Å². The van der Waals surface area contributed by atoms with Crippen LogP contribution in [0.2, 0.25) is 0 Å². The maximum Gasteiger partial charge on any atom is -0.0225 e. The van der Waals surface area contributed by atoms with Crippen LogP contribution in [0.5, 0.6) is 0 Å². The number of rotatable bonds is 2. The van der Waals surface area contributed by atoms with E-state index in [-0.39, 0.29) is 0 Å². The summed E-state index contributed by atoms with van der Waals surface area (Å²) in [5.74, 6) is 0.583. The Balaban J connectivity index is 3.93.